The molecule has 5 heteroatoms. The van der Waals surface area contributed by atoms with E-state index >= 15 is 0 Å². The van der Waals surface area contributed by atoms with Gasteiger partial charge in [0.15, 0.2) is 0 Å². The lowest BCUT2D eigenvalue weighted by atomic mass is 10.1. The molecule has 0 atom stereocenters. The van der Waals surface area contributed by atoms with E-state index in [4.69, 9.17) is 4.74 Å². The minimum Gasteiger partial charge on any atom is -0.370 e. The molecule has 1 aliphatic heterocycles. The number of nitrogens with one attached hydrogen (secondary N) is 1. The summed E-state index contributed by atoms with van der Waals surface area (Å²) >= 11 is 0. The van der Waals surface area contributed by atoms with E-state index in [0.717, 1.165) is 12.0 Å². The summed E-state index contributed by atoms with van der Waals surface area (Å²) in [5, 5.41) is 2.85. The van der Waals surface area contributed by atoms with Crippen molar-refractivity contribution in [2.45, 2.75) is 12.8 Å². The van der Waals surface area contributed by atoms with Crippen LogP contribution in [0.4, 0.5) is 0 Å². The van der Waals surface area contributed by atoms with Crippen LogP contribution < -0.4 is 5.32 Å². The van der Waals surface area contributed by atoms with Crippen LogP contribution in [0.2, 0.25) is 0 Å². The van der Waals surface area contributed by atoms with Crippen molar-refractivity contribution in [3.05, 3.63) is 35.9 Å². The number of morpholine rings is 1. The fourth-order valence-corrected chi connectivity index (χ4v) is 2.11. The van der Waals surface area contributed by atoms with Crippen molar-refractivity contribution in [1.82, 2.24) is 10.2 Å². The summed E-state index contributed by atoms with van der Waals surface area (Å²) in [5.41, 5.74) is 1.16. The highest BCUT2D eigenvalue weighted by Gasteiger charge is 2.17. The number of hydrogen-bond acceptors (Lipinski definition) is 3. The Hall–Kier alpha value is -1.88. The Bertz CT molecular complexity index is 448. The van der Waals surface area contributed by atoms with E-state index in [1.807, 2.05) is 30.3 Å². The molecule has 0 aliphatic carbocycles. The first-order valence-corrected chi connectivity index (χ1v) is 6.92. The molecule has 1 aromatic rings. The van der Waals surface area contributed by atoms with Crippen LogP contribution in [0, 0.1) is 0 Å². The average molecular weight is 276 g/mol. The van der Waals surface area contributed by atoms with E-state index in [-0.39, 0.29) is 18.4 Å². The van der Waals surface area contributed by atoms with Crippen LogP contribution in [0.5, 0.6) is 0 Å². The highest BCUT2D eigenvalue weighted by atomic mass is 16.5. The van der Waals surface area contributed by atoms with Gasteiger partial charge in [-0.2, -0.15) is 0 Å². The molecule has 0 bridgehead atoms. The smallest absolute Gasteiger partial charge is 0.248 e. The van der Waals surface area contributed by atoms with Gasteiger partial charge in [0.2, 0.25) is 11.8 Å². The van der Waals surface area contributed by atoms with Crippen molar-refractivity contribution in [3.8, 4) is 0 Å². The third-order valence-electron chi connectivity index (χ3n) is 3.27. The van der Waals surface area contributed by atoms with Crippen LogP contribution >= 0.6 is 0 Å². The molecule has 0 spiro atoms. The first kappa shape index (κ1) is 14.5. The summed E-state index contributed by atoms with van der Waals surface area (Å²) < 4.78 is 5.05. The molecule has 1 N–H and O–H groups in total. The van der Waals surface area contributed by atoms with Crippen molar-refractivity contribution in [3.63, 3.8) is 0 Å². The number of hydrogen-bond donors (Lipinski definition) is 1. The summed E-state index contributed by atoms with van der Waals surface area (Å²) in [6, 6.07) is 9.93. The number of amides is 2. The lowest BCUT2D eigenvalue weighted by Gasteiger charge is -2.26. The average Bonchev–Trinajstić information content (AvgIpc) is 2.48. The van der Waals surface area contributed by atoms with Gasteiger partial charge < -0.3 is 15.0 Å². The van der Waals surface area contributed by atoms with E-state index in [1.54, 1.807) is 4.90 Å². The summed E-state index contributed by atoms with van der Waals surface area (Å²) in [6.45, 7) is 2.40. The molecule has 1 aromatic carbocycles. The number of rotatable bonds is 6. The molecule has 0 saturated carbocycles. The lowest BCUT2D eigenvalue weighted by molar-refractivity contribution is -0.142. The standard InChI is InChI=1S/C15H20N2O3/c18-14(7-6-13-4-2-1-3-5-13)16-8-9-17-10-11-20-12-15(17)19/h1-5H,6-12H2,(H,16,18). The number of aryl methyl sites for hydroxylation is 1. The molecular formula is C15H20N2O3. The normalized spacial score (nSPS) is 15.2. The van der Waals surface area contributed by atoms with Gasteiger partial charge >= 0.3 is 0 Å². The fourth-order valence-electron chi connectivity index (χ4n) is 2.11. The number of carbonyl (C=O) groups is 2. The summed E-state index contributed by atoms with van der Waals surface area (Å²) in [5.74, 6) is 0.0179. The molecule has 0 radical (unpaired) electrons. The molecule has 1 aliphatic rings. The third kappa shape index (κ3) is 4.66. The number of benzene rings is 1. The van der Waals surface area contributed by atoms with Gasteiger partial charge in [-0.05, 0) is 12.0 Å². The van der Waals surface area contributed by atoms with E-state index in [9.17, 15) is 9.59 Å². The van der Waals surface area contributed by atoms with Crippen LogP contribution in [0.25, 0.3) is 0 Å². The predicted octanol–water partition coefficient (Wildman–Crippen LogP) is 0.594. The summed E-state index contributed by atoms with van der Waals surface area (Å²) in [4.78, 5) is 24.9. The molecule has 0 unspecified atom stereocenters. The second-order valence-electron chi connectivity index (χ2n) is 4.77. The molecule has 2 rings (SSSR count). The number of carbonyl (C=O) groups excluding carboxylic acids is 2. The van der Waals surface area contributed by atoms with Gasteiger partial charge in [-0.15, -0.1) is 0 Å². The van der Waals surface area contributed by atoms with Crippen LogP contribution in [-0.4, -0.2) is 49.6 Å². The van der Waals surface area contributed by atoms with Gasteiger partial charge in [-0.25, -0.2) is 0 Å². The largest absolute Gasteiger partial charge is 0.370 e. The third-order valence-corrected chi connectivity index (χ3v) is 3.27. The molecule has 2 amide bonds. The van der Waals surface area contributed by atoms with Gasteiger partial charge in [0.1, 0.15) is 6.61 Å². The Morgan fingerprint density at radius 2 is 2.10 bits per heavy atom. The van der Waals surface area contributed by atoms with Crippen LogP contribution in [0.1, 0.15) is 12.0 Å². The maximum Gasteiger partial charge on any atom is 0.248 e. The topological polar surface area (TPSA) is 58.6 Å². The molecule has 20 heavy (non-hydrogen) atoms. The van der Waals surface area contributed by atoms with Gasteiger partial charge in [-0.1, -0.05) is 30.3 Å². The maximum atomic E-state index is 11.7. The van der Waals surface area contributed by atoms with E-state index < -0.39 is 0 Å². The van der Waals surface area contributed by atoms with Gasteiger partial charge in [0.25, 0.3) is 0 Å². The molecule has 1 saturated heterocycles. The van der Waals surface area contributed by atoms with Crippen molar-refractivity contribution in [2.75, 3.05) is 32.8 Å². The van der Waals surface area contributed by atoms with Crippen LogP contribution in [0.3, 0.4) is 0 Å². The van der Waals surface area contributed by atoms with Gasteiger partial charge in [0, 0.05) is 26.1 Å². The zero-order chi connectivity index (χ0) is 14.2. The van der Waals surface area contributed by atoms with Gasteiger partial charge in [-0.3, -0.25) is 9.59 Å². The minimum absolute atomic E-state index is 0.00483. The maximum absolute atomic E-state index is 11.7. The van der Waals surface area contributed by atoms with Gasteiger partial charge in [0.05, 0.1) is 6.61 Å². The van der Waals surface area contributed by atoms with Crippen molar-refractivity contribution < 1.29 is 14.3 Å². The van der Waals surface area contributed by atoms with Crippen molar-refractivity contribution in [1.29, 1.82) is 0 Å². The molecular weight excluding hydrogens is 256 g/mol. The molecule has 108 valence electrons. The van der Waals surface area contributed by atoms with Crippen molar-refractivity contribution >= 4 is 11.8 Å². The van der Waals surface area contributed by atoms with E-state index in [0.29, 0.717) is 32.7 Å². The van der Waals surface area contributed by atoms with Crippen molar-refractivity contribution in [2.24, 2.45) is 0 Å². The summed E-state index contributed by atoms with van der Waals surface area (Å²) in [7, 11) is 0. The highest BCUT2D eigenvalue weighted by Crippen LogP contribution is 2.02. The lowest BCUT2D eigenvalue weighted by Crippen LogP contribution is -2.45. The molecule has 5 nitrogen and oxygen atoms in total. The second kappa shape index (κ2) is 7.65. The van der Waals surface area contributed by atoms with E-state index in [2.05, 4.69) is 5.32 Å². The Labute approximate surface area is 118 Å². The Balaban J connectivity index is 1.61. The zero-order valence-corrected chi connectivity index (χ0v) is 11.5. The SMILES string of the molecule is O=C(CCc1ccccc1)NCCN1CCOCC1=O. The predicted molar refractivity (Wildman–Crippen MR) is 75.2 cm³/mol. The Morgan fingerprint density at radius 1 is 1.30 bits per heavy atom. The zero-order valence-electron chi connectivity index (χ0n) is 11.5. The second-order valence-corrected chi connectivity index (χ2v) is 4.77. The highest BCUT2D eigenvalue weighted by molar-refractivity contribution is 5.78. The van der Waals surface area contributed by atoms with E-state index in [1.165, 1.54) is 0 Å². The Kier molecular flexibility index (Phi) is 5.55. The monoisotopic (exact) mass is 276 g/mol. The number of nitrogens with zero attached hydrogens (tertiary/aromatic N) is 1. The first-order valence-electron chi connectivity index (χ1n) is 6.92. The number of ether oxygens (including phenoxy) is 1. The molecule has 1 heterocycles. The summed E-state index contributed by atoms with van der Waals surface area (Å²) in [6.07, 6.45) is 1.21. The Morgan fingerprint density at radius 3 is 2.85 bits per heavy atom. The first-order chi connectivity index (χ1) is 9.75. The molecule has 1 fully saturated rings. The van der Waals surface area contributed by atoms with Crippen LogP contribution in [-0.2, 0) is 20.7 Å². The molecule has 0 aromatic heterocycles. The van der Waals surface area contributed by atoms with Crippen LogP contribution in [0.15, 0.2) is 30.3 Å². The minimum atomic E-state index is -0.00483. The quantitative estimate of drug-likeness (QED) is 0.827. The fraction of sp³-hybridized carbons (Fsp3) is 0.467.